The largest absolute Gasteiger partial charge is 0.483 e. The second-order valence-electron chi connectivity index (χ2n) is 5.06. The zero-order valence-electron chi connectivity index (χ0n) is 12.4. The third-order valence-corrected chi connectivity index (χ3v) is 3.24. The lowest BCUT2D eigenvalue weighted by Gasteiger charge is -2.11. The number of amides is 1. The van der Waals surface area contributed by atoms with Crippen LogP contribution in [0.1, 0.15) is 19.4 Å². The number of benzene rings is 1. The Hall–Kier alpha value is -1.51. The first-order valence-corrected chi connectivity index (χ1v) is 7.64. The normalized spacial score (nSPS) is 10.2. The van der Waals surface area contributed by atoms with Crippen molar-refractivity contribution in [3.8, 4) is 18.1 Å². The number of rotatable bonds is 8. The maximum absolute atomic E-state index is 11.4. The monoisotopic (exact) mass is 352 g/mol. The SMILES string of the molecule is C#CCNC(=O)COc1ccc(CNCC(C)C)cc1Br. The number of carbonyl (C=O) groups is 1. The number of hydrogen-bond donors (Lipinski definition) is 2. The highest BCUT2D eigenvalue weighted by atomic mass is 79.9. The van der Waals surface area contributed by atoms with Crippen molar-refractivity contribution < 1.29 is 9.53 Å². The smallest absolute Gasteiger partial charge is 0.258 e. The van der Waals surface area contributed by atoms with Gasteiger partial charge in [0.05, 0.1) is 11.0 Å². The number of hydrogen-bond acceptors (Lipinski definition) is 3. The average molecular weight is 353 g/mol. The van der Waals surface area contributed by atoms with Crippen LogP contribution in [-0.4, -0.2) is 25.6 Å². The molecule has 0 saturated carbocycles. The summed E-state index contributed by atoms with van der Waals surface area (Å²) in [6.45, 7) is 6.29. The molecule has 0 radical (unpaired) electrons. The van der Waals surface area contributed by atoms with Crippen molar-refractivity contribution in [3.63, 3.8) is 0 Å². The fourth-order valence-electron chi connectivity index (χ4n) is 1.62. The Bertz CT molecular complexity index is 509. The molecule has 114 valence electrons. The average Bonchev–Trinajstić information content (AvgIpc) is 2.43. The van der Waals surface area contributed by atoms with E-state index in [0.29, 0.717) is 11.7 Å². The predicted molar refractivity (Wildman–Crippen MR) is 88.0 cm³/mol. The van der Waals surface area contributed by atoms with Gasteiger partial charge in [0.1, 0.15) is 5.75 Å². The van der Waals surface area contributed by atoms with Crippen molar-refractivity contribution in [2.24, 2.45) is 5.92 Å². The molecule has 2 N–H and O–H groups in total. The van der Waals surface area contributed by atoms with Gasteiger partial charge >= 0.3 is 0 Å². The first-order chi connectivity index (χ1) is 10.0. The van der Waals surface area contributed by atoms with Gasteiger partial charge in [-0.25, -0.2) is 0 Å². The van der Waals surface area contributed by atoms with E-state index >= 15 is 0 Å². The van der Waals surface area contributed by atoms with Gasteiger partial charge in [-0.15, -0.1) is 6.42 Å². The molecule has 21 heavy (non-hydrogen) atoms. The molecule has 0 heterocycles. The Balaban J connectivity index is 2.46. The topological polar surface area (TPSA) is 50.4 Å². The number of halogens is 1. The van der Waals surface area contributed by atoms with Gasteiger partial charge in [0.15, 0.2) is 6.61 Å². The van der Waals surface area contributed by atoms with E-state index in [2.05, 4.69) is 46.3 Å². The highest BCUT2D eigenvalue weighted by Gasteiger charge is 2.06. The van der Waals surface area contributed by atoms with Gasteiger partial charge in [0.25, 0.3) is 5.91 Å². The van der Waals surface area contributed by atoms with Crippen LogP contribution in [0.2, 0.25) is 0 Å². The quantitative estimate of drug-likeness (QED) is 0.706. The van der Waals surface area contributed by atoms with E-state index in [1.807, 2.05) is 18.2 Å². The van der Waals surface area contributed by atoms with Crippen molar-refractivity contribution in [1.29, 1.82) is 0 Å². The van der Waals surface area contributed by atoms with Crippen LogP contribution in [0, 0.1) is 18.3 Å². The predicted octanol–water partition coefficient (Wildman–Crippen LogP) is 2.32. The number of terminal acetylenes is 1. The van der Waals surface area contributed by atoms with Crippen LogP contribution in [0.4, 0.5) is 0 Å². The number of nitrogens with one attached hydrogen (secondary N) is 2. The molecule has 0 aliphatic rings. The highest BCUT2D eigenvalue weighted by Crippen LogP contribution is 2.25. The molecular formula is C16H21BrN2O2. The first kappa shape index (κ1) is 17.5. The molecule has 0 aromatic heterocycles. The van der Waals surface area contributed by atoms with Crippen LogP contribution in [0.25, 0.3) is 0 Å². The summed E-state index contributed by atoms with van der Waals surface area (Å²) in [7, 11) is 0. The van der Waals surface area contributed by atoms with Gasteiger partial charge < -0.3 is 15.4 Å². The highest BCUT2D eigenvalue weighted by molar-refractivity contribution is 9.10. The molecule has 0 fully saturated rings. The summed E-state index contributed by atoms with van der Waals surface area (Å²) in [6.07, 6.45) is 5.06. The molecule has 1 amide bonds. The van der Waals surface area contributed by atoms with Gasteiger partial charge in [0, 0.05) is 6.54 Å². The van der Waals surface area contributed by atoms with Gasteiger partial charge in [-0.2, -0.15) is 0 Å². The molecule has 5 heteroatoms. The molecule has 0 aliphatic heterocycles. The van der Waals surface area contributed by atoms with Crippen LogP contribution in [0.3, 0.4) is 0 Å². The molecule has 4 nitrogen and oxygen atoms in total. The van der Waals surface area contributed by atoms with E-state index in [4.69, 9.17) is 11.2 Å². The Morgan fingerprint density at radius 1 is 1.48 bits per heavy atom. The van der Waals surface area contributed by atoms with Crippen LogP contribution in [-0.2, 0) is 11.3 Å². The molecule has 1 rings (SSSR count). The van der Waals surface area contributed by atoms with E-state index < -0.39 is 0 Å². The molecule has 1 aromatic rings. The summed E-state index contributed by atoms with van der Waals surface area (Å²) in [5.41, 5.74) is 1.16. The van der Waals surface area contributed by atoms with Crippen molar-refractivity contribution in [3.05, 3.63) is 28.2 Å². The third-order valence-electron chi connectivity index (χ3n) is 2.62. The van der Waals surface area contributed by atoms with Crippen LogP contribution >= 0.6 is 15.9 Å². The molecular weight excluding hydrogens is 332 g/mol. The van der Waals surface area contributed by atoms with E-state index in [9.17, 15) is 4.79 Å². The van der Waals surface area contributed by atoms with Crippen LogP contribution < -0.4 is 15.4 Å². The van der Waals surface area contributed by atoms with Crippen molar-refractivity contribution in [1.82, 2.24) is 10.6 Å². The molecule has 0 aliphatic carbocycles. The second-order valence-corrected chi connectivity index (χ2v) is 5.91. The first-order valence-electron chi connectivity index (χ1n) is 6.85. The molecule has 0 unspecified atom stereocenters. The number of carbonyl (C=O) groups excluding carboxylic acids is 1. The van der Waals surface area contributed by atoms with Gasteiger partial charge in [-0.3, -0.25) is 4.79 Å². The minimum atomic E-state index is -0.234. The van der Waals surface area contributed by atoms with Crippen LogP contribution in [0.5, 0.6) is 5.75 Å². The Kier molecular flexibility index (Phi) is 7.88. The van der Waals surface area contributed by atoms with Crippen molar-refractivity contribution >= 4 is 21.8 Å². The molecule has 0 spiro atoms. The molecule has 0 atom stereocenters. The summed E-state index contributed by atoms with van der Waals surface area (Å²) in [5, 5.41) is 5.92. The summed E-state index contributed by atoms with van der Waals surface area (Å²) in [6, 6.07) is 5.82. The minimum Gasteiger partial charge on any atom is -0.483 e. The van der Waals surface area contributed by atoms with Crippen molar-refractivity contribution in [2.45, 2.75) is 20.4 Å². The maximum atomic E-state index is 11.4. The standard InChI is InChI=1S/C16H21BrN2O2/c1-4-7-19-16(20)11-21-15-6-5-13(8-14(15)17)10-18-9-12(2)3/h1,5-6,8,12,18H,7,9-11H2,2-3H3,(H,19,20). The maximum Gasteiger partial charge on any atom is 0.258 e. The Morgan fingerprint density at radius 2 is 2.24 bits per heavy atom. The van der Waals surface area contributed by atoms with Crippen molar-refractivity contribution in [2.75, 3.05) is 19.7 Å². The van der Waals surface area contributed by atoms with Gasteiger partial charge in [-0.05, 0) is 46.1 Å². The number of ether oxygens (including phenoxy) is 1. The summed E-state index contributed by atoms with van der Waals surface area (Å²) in [5.74, 6) is 3.37. The fourth-order valence-corrected chi connectivity index (χ4v) is 2.16. The zero-order valence-corrected chi connectivity index (χ0v) is 14.0. The van der Waals surface area contributed by atoms with E-state index in [0.717, 1.165) is 23.1 Å². The van der Waals surface area contributed by atoms with Gasteiger partial charge in [0.2, 0.25) is 0 Å². The Labute approximate surface area is 134 Å². The molecule has 0 saturated heterocycles. The summed E-state index contributed by atoms with van der Waals surface area (Å²) >= 11 is 3.45. The lowest BCUT2D eigenvalue weighted by molar-refractivity contribution is -0.122. The zero-order chi connectivity index (χ0) is 15.7. The fraction of sp³-hybridized carbons (Fsp3) is 0.438. The minimum absolute atomic E-state index is 0.0504. The lowest BCUT2D eigenvalue weighted by Crippen LogP contribution is -2.29. The molecule has 1 aromatic carbocycles. The second kappa shape index (κ2) is 9.43. The van der Waals surface area contributed by atoms with E-state index in [1.54, 1.807) is 0 Å². The summed E-state index contributed by atoms with van der Waals surface area (Å²) < 4.78 is 6.28. The Morgan fingerprint density at radius 3 is 2.86 bits per heavy atom. The summed E-state index contributed by atoms with van der Waals surface area (Å²) in [4.78, 5) is 11.4. The van der Waals surface area contributed by atoms with Gasteiger partial charge in [-0.1, -0.05) is 25.8 Å². The van der Waals surface area contributed by atoms with E-state index in [-0.39, 0.29) is 19.1 Å². The van der Waals surface area contributed by atoms with E-state index in [1.165, 1.54) is 0 Å². The third kappa shape index (κ3) is 7.16. The van der Waals surface area contributed by atoms with Crippen LogP contribution in [0.15, 0.2) is 22.7 Å². The molecule has 0 bridgehead atoms. The lowest BCUT2D eigenvalue weighted by atomic mass is 10.2.